The molecule has 5 nitrogen and oxygen atoms in total. The van der Waals surface area contributed by atoms with Crippen LogP contribution in [0.3, 0.4) is 0 Å². The second kappa shape index (κ2) is 7.26. The van der Waals surface area contributed by atoms with Gasteiger partial charge in [-0.25, -0.2) is 5.43 Å². The van der Waals surface area contributed by atoms with Crippen molar-refractivity contribution in [2.24, 2.45) is 5.10 Å². The molecule has 0 saturated heterocycles. The lowest BCUT2D eigenvalue weighted by Crippen LogP contribution is -2.24. The van der Waals surface area contributed by atoms with Gasteiger partial charge < -0.3 is 9.84 Å². The van der Waals surface area contributed by atoms with Crippen LogP contribution in [-0.4, -0.2) is 23.8 Å². The van der Waals surface area contributed by atoms with E-state index in [-0.39, 0.29) is 18.3 Å². The quantitative estimate of drug-likeness (QED) is 0.658. The van der Waals surface area contributed by atoms with E-state index in [1.807, 2.05) is 32.0 Å². The van der Waals surface area contributed by atoms with E-state index < -0.39 is 0 Å². The first-order valence-corrected chi connectivity index (χ1v) is 6.87. The number of phenols is 1. The van der Waals surface area contributed by atoms with E-state index in [1.54, 1.807) is 24.3 Å². The lowest BCUT2D eigenvalue weighted by atomic mass is 10.1. The highest BCUT2D eigenvalue weighted by Crippen LogP contribution is 2.20. The fourth-order valence-corrected chi connectivity index (χ4v) is 1.83. The van der Waals surface area contributed by atoms with Crippen molar-refractivity contribution in [3.63, 3.8) is 0 Å². The Kier molecular flexibility index (Phi) is 5.14. The summed E-state index contributed by atoms with van der Waals surface area (Å²) >= 11 is 0. The van der Waals surface area contributed by atoms with Gasteiger partial charge in [-0.15, -0.1) is 0 Å². The van der Waals surface area contributed by atoms with E-state index in [9.17, 15) is 9.90 Å². The molecular weight excluding hydrogens is 280 g/mol. The third kappa shape index (κ3) is 4.09. The highest BCUT2D eigenvalue weighted by atomic mass is 16.5. The van der Waals surface area contributed by atoms with Crippen molar-refractivity contribution in [1.29, 1.82) is 0 Å². The van der Waals surface area contributed by atoms with Gasteiger partial charge in [0.2, 0.25) is 0 Å². The third-order valence-electron chi connectivity index (χ3n) is 3.24. The van der Waals surface area contributed by atoms with Crippen LogP contribution in [0.4, 0.5) is 0 Å². The van der Waals surface area contributed by atoms with Gasteiger partial charge in [-0.3, -0.25) is 4.79 Å². The fraction of sp³-hybridized carbons (Fsp3) is 0.176. The van der Waals surface area contributed by atoms with Crippen LogP contribution in [0, 0.1) is 13.8 Å². The van der Waals surface area contributed by atoms with Crippen molar-refractivity contribution >= 4 is 12.1 Å². The van der Waals surface area contributed by atoms with Crippen LogP contribution >= 0.6 is 0 Å². The van der Waals surface area contributed by atoms with Crippen molar-refractivity contribution in [3.05, 3.63) is 59.2 Å². The standard InChI is InChI=1S/C17H18N2O3/c1-12-6-5-9-16(13(12)2)22-11-17(21)19-18-10-14-7-3-4-8-15(14)20/h3-10,20H,11H2,1-2H3,(H,19,21)/b18-10-. The number of carbonyl (C=O) groups is 1. The molecule has 0 heterocycles. The van der Waals surface area contributed by atoms with Gasteiger partial charge in [-0.2, -0.15) is 5.10 Å². The number of hydrogen-bond donors (Lipinski definition) is 2. The summed E-state index contributed by atoms with van der Waals surface area (Å²) in [6, 6.07) is 12.4. The first kappa shape index (κ1) is 15.6. The molecule has 0 fully saturated rings. The van der Waals surface area contributed by atoms with Gasteiger partial charge in [0, 0.05) is 5.56 Å². The molecular formula is C17H18N2O3. The van der Waals surface area contributed by atoms with Gasteiger partial charge in [0.25, 0.3) is 5.91 Å². The molecule has 1 amide bonds. The molecule has 2 N–H and O–H groups in total. The number of para-hydroxylation sites is 1. The van der Waals surface area contributed by atoms with Gasteiger partial charge >= 0.3 is 0 Å². The third-order valence-corrected chi connectivity index (χ3v) is 3.24. The van der Waals surface area contributed by atoms with E-state index in [1.165, 1.54) is 6.21 Å². The topological polar surface area (TPSA) is 70.9 Å². The first-order valence-electron chi connectivity index (χ1n) is 6.87. The molecule has 0 aliphatic heterocycles. The van der Waals surface area contributed by atoms with Crippen LogP contribution in [0.5, 0.6) is 11.5 Å². The molecule has 114 valence electrons. The second-order valence-electron chi connectivity index (χ2n) is 4.84. The molecule has 0 radical (unpaired) electrons. The minimum Gasteiger partial charge on any atom is -0.507 e. The van der Waals surface area contributed by atoms with Gasteiger partial charge in [0.1, 0.15) is 11.5 Å². The maximum absolute atomic E-state index is 11.7. The van der Waals surface area contributed by atoms with Gasteiger partial charge in [-0.1, -0.05) is 24.3 Å². The zero-order valence-corrected chi connectivity index (χ0v) is 12.5. The number of phenolic OH excluding ortho intramolecular Hbond substituents is 1. The van der Waals surface area contributed by atoms with Crippen molar-refractivity contribution in [2.45, 2.75) is 13.8 Å². The number of hydrazone groups is 1. The maximum atomic E-state index is 11.7. The van der Waals surface area contributed by atoms with Crippen LogP contribution in [-0.2, 0) is 4.79 Å². The average molecular weight is 298 g/mol. The largest absolute Gasteiger partial charge is 0.507 e. The number of rotatable bonds is 5. The first-order chi connectivity index (χ1) is 10.6. The highest BCUT2D eigenvalue weighted by Gasteiger charge is 2.05. The molecule has 0 saturated carbocycles. The van der Waals surface area contributed by atoms with Crippen LogP contribution < -0.4 is 10.2 Å². The van der Waals surface area contributed by atoms with Crippen molar-refractivity contribution < 1.29 is 14.6 Å². The number of aryl methyl sites for hydroxylation is 1. The lowest BCUT2D eigenvalue weighted by Gasteiger charge is -2.09. The van der Waals surface area contributed by atoms with Crippen molar-refractivity contribution in [2.75, 3.05) is 6.61 Å². The normalized spacial score (nSPS) is 10.6. The molecule has 0 bridgehead atoms. The van der Waals surface area contributed by atoms with Crippen LogP contribution in [0.25, 0.3) is 0 Å². The summed E-state index contributed by atoms with van der Waals surface area (Å²) in [4.78, 5) is 11.7. The second-order valence-corrected chi connectivity index (χ2v) is 4.84. The summed E-state index contributed by atoms with van der Waals surface area (Å²) in [5, 5.41) is 13.3. The zero-order chi connectivity index (χ0) is 15.9. The van der Waals surface area contributed by atoms with Crippen LogP contribution in [0.1, 0.15) is 16.7 Å². The number of amides is 1. The molecule has 2 rings (SSSR count). The van der Waals surface area contributed by atoms with E-state index >= 15 is 0 Å². The molecule has 2 aromatic carbocycles. The molecule has 0 aromatic heterocycles. The summed E-state index contributed by atoms with van der Waals surface area (Å²) in [5.74, 6) is 0.416. The Hall–Kier alpha value is -2.82. The van der Waals surface area contributed by atoms with E-state index in [0.29, 0.717) is 11.3 Å². The Balaban J connectivity index is 1.86. The van der Waals surface area contributed by atoms with Crippen LogP contribution in [0.2, 0.25) is 0 Å². The number of aromatic hydroxyl groups is 1. The number of ether oxygens (including phenoxy) is 1. The van der Waals surface area contributed by atoms with E-state index in [4.69, 9.17) is 4.74 Å². The minimum absolute atomic E-state index is 0.104. The van der Waals surface area contributed by atoms with E-state index in [2.05, 4.69) is 10.5 Å². The Morgan fingerprint density at radius 1 is 1.23 bits per heavy atom. The molecule has 0 aliphatic carbocycles. The Labute approximate surface area is 129 Å². The highest BCUT2D eigenvalue weighted by molar-refractivity contribution is 5.85. The van der Waals surface area contributed by atoms with E-state index in [0.717, 1.165) is 11.1 Å². The molecule has 0 atom stereocenters. The SMILES string of the molecule is Cc1cccc(OCC(=O)N/N=C\c2ccccc2O)c1C. The molecule has 22 heavy (non-hydrogen) atoms. The van der Waals surface area contributed by atoms with Crippen molar-refractivity contribution in [1.82, 2.24) is 5.43 Å². The van der Waals surface area contributed by atoms with Crippen LogP contribution in [0.15, 0.2) is 47.6 Å². The van der Waals surface area contributed by atoms with Gasteiger partial charge in [0.05, 0.1) is 6.21 Å². The predicted molar refractivity (Wildman–Crippen MR) is 85.3 cm³/mol. The molecule has 0 aliphatic rings. The number of nitrogens with one attached hydrogen (secondary N) is 1. The van der Waals surface area contributed by atoms with Gasteiger partial charge in [-0.05, 0) is 43.2 Å². The maximum Gasteiger partial charge on any atom is 0.277 e. The summed E-state index contributed by atoms with van der Waals surface area (Å²) in [5.41, 5.74) is 5.00. The number of nitrogens with zero attached hydrogens (tertiary/aromatic N) is 1. The fourth-order valence-electron chi connectivity index (χ4n) is 1.83. The zero-order valence-electron chi connectivity index (χ0n) is 12.5. The monoisotopic (exact) mass is 298 g/mol. The lowest BCUT2D eigenvalue weighted by molar-refractivity contribution is -0.123. The summed E-state index contributed by atoms with van der Waals surface area (Å²) in [7, 11) is 0. The number of benzene rings is 2. The molecule has 0 unspecified atom stereocenters. The summed E-state index contributed by atoms with van der Waals surface area (Å²) in [6.07, 6.45) is 1.38. The predicted octanol–water partition coefficient (Wildman–Crippen LogP) is 2.54. The Bertz CT molecular complexity index is 696. The summed E-state index contributed by atoms with van der Waals surface area (Å²) in [6.45, 7) is 3.81. The van der Waals surface area contributed by atoms with Crippen molar-refractivity contribution in [3.8, 4) is 11.5 Å². The Morgan fingerprint density at radius 3 is 2.77 bits per heavy atom. The smallest absolute Gasteiger partial charge is 0.277 e. The number of carbonyl (C=O) groups excluding carboxylic acids is 1. The molecule has 5 heteroatoms. The summed E-state index contributed by atoms with van der Waals surface area (Å²) < 4.78 is 5.47. The number of hydrogen-bond acceptors (Lipinski definition) is 4. The average Bonchev–Trinajstić information content (AvgIpc) is 2.51. The molecule has 2 aromatic rings. The minimum atomic E-state index is -0.368. The Morgan fingerprint density at radius 2 is 2.00 bits per heavy atom. The van der Waals surface area contributed by atoms with Gasteiger partial charge in [0.15, 0.2) is 6.61 Å². The molecule has 0 spiro atoms.